The number of benzene rings is 1. The van der Waals surface area contributed by atoms with Crippen LogP contribution in [0.2, 0.25) is 0 Å². The van der Waals surface area contributed by atoms with E-state index in [4.69, 9.17) is 8.37 Å². The zero-order valence-corrected chi connectivity index (χ0v) is 9.48. The van der Waals surface area contributed by atoms with Gasteiger partial charge in [0.05, 0.1) is 10.3 Å². The van der Waals surface area contributed by atoms with Gasteiger partial charge in [0.2, 0.25) is 0 Å². The smallest absolute Gasteiger partial charge is 0.332 e. The highest BCUT2D eigenvalue weighted by Crippen LogP contribution is 2.64. The second-order valence-electron chi connectivity index (χ2n) is 3.52. The van der Waals surface area contributed by atoms with Gasteiger partial charge in [-0.05, 0) is 12.1 Å². The molecule has 2 aliphatic heterocycles. The van der Waals surface area contributed by atoms with Crippen molar-refractivity contribution >= 4 is 28.6 Å². The van der Waals surface area contributed by atoms with Crippen molar-refractivity contribution < 1.29 is 18.0 Å². The van der Waals surface area contributed by atoms with Crippen LogP contribution in [0, 0.1) is 0 Å². The van der Waals surface area contributed by atoms with Gasteiger partial charge in [0, 0.05) is 17.7 Å². The van der Waals surface area contributed by atoms with Crippen molar-refractivity contribution in [1.29, 1.82) is 0 Å². The molecule has 4 nitrogen and oxygen atoms in total. The highest BCUT2D eigenvalue weighted by molar-refractivity contribution is 8.29. The fourth-order valence-electron chi connectivity index (χ4n) is 1.71. The Hall–Kier alpha value is -2.01. The lowest BCUT2D eigenvalue weighted by Gasteiger charge is -2.34. The number of hydrogen-bond acceptors (Lipinski definition) is 4. The quantitative estimate of drug-likeness (QED) is 0.707. The van der Waals surface area contributed by atoms with Crippen molar-refractivity contribution in [3.8, 4) is 0 Å². The molecule has 1 aromatic carbocycles. The molecule has 0 aromatic heterocycles. The van der Waals surface area contributed by atoms with Crippen LogP contribution in [0.5, 0.6) is 0 Å². The third-order valence-corrected chi connectivity index (χ3v) is 4.72. The lowest BCUT2D eigenvalue weighted by molar-refractivity contribution is -0.129. The van der Waals surface area contributed by atoms with Crippen LogP contribution in [0.3, 0.4) is 0 Å². The van der Waals surface area contributed by atoms with Crippen molar-refractivity contribution in [3.05, 3.63) is 47.4 Å². The summed E-state index contributed by atoms with van der Waals surface area (Å²) in [5.41, 5.74) is 0.907. The number of carbonyl (C=O) groups is 2. The predicted molar refractivity (Wildman–Crippen MR) is 62.7 cm³/mol. The normalized spacial score (nSPS) is 21.6. The van der Waals surface area contributed by atoms with E-state index in [0.29, 0.717) is 0 Å². The summed E-state index contributed by atoms with van der Waals surface area (Å²) >= 11 is 0. The summed E-state index contributed by atoms with van der Waals surface area (Å²) in [6.07, 6.45) is 3.97. The standard InChI is InChI=1S/C12H8O4S/c13-11-5-6-12(14)16-17(15-11)8-7-9-3-1-2-4-10(9)17/h1-8H. The summed E-state index contributed by atoms with van der Waals surface area (Å²) in [6, 6.07) is 7.38. The van der Waals surface area contributed by atoms with Gasteiger partial charge in [0.1, 0.15) is 0 Å². The van der Waals surface area contributed by atoms with E-state index in [2.05, 4.69) is 0 Å². The van der Waals surface area contributed by atoms with Gasteiger partial charge in [-0.2, -0.15) is 0 Å². The van der Waals surface area contributed by atoms with Gasteiger partial charge in [0.25, 0.3) is 0 Å². The minimum Gasteiger partial charge on any atom is -0.332 e. The highest BCUT2D eigenvalue weighted by atomic mass is 32.3. The van der Waals surface area contributed by atoms with Gasteiger partial charge in [0.15, 0.2) is 0 Å². The van der Waals surface area contributed by atoms with Crippen LogP contribution in [0.25, 0.3) is 6.08 Å². The molecule has 2 aliphatic rings. The average molecular weight is 248 g/mol. The molecule has 5 heteroatoms. The molecule has 0 N–H and O–H groups in total. The van der Waals surface area contributed by atoms with Gasteiger partial charge in [-0.1, -0.05) is 28.8 Å². The molecule has 1 spiro atoms. The lowest BCUT2D eigenvalue weighted by Crippen LogP contribution is -2.09. The maximum absolute atomic E-state index is 11.4. The molecule has 0 radical (unpaired) electrons. The number of rotatable bonds is 0. The van der Waals surface area contributed by atoms with Gasteiger partial charge < -0.3 is 8.37 Å². The Bertz CT molecular complexity index is 554. The molecule has 3 rings (SSSR count). The summed E-state index contributed by atoms with van der Waals surface area (Å²) in [6.45, 7) is 0. The van der Waals surface area contributed by atoms with E-state index in [9.17, 15) is 9.59 Å². The van der Waals surface area contributed by atoms with Gasteiger partial charge in [-0.15, -0.1) is 0 Å². The average Bonchev–Trinajstić information content (AvgIpc) is 2.58. The van der Waals surface area contributed by atoms with E-state index in [0.717, 1.165) is 22.6 Å². The molecule has 0 saturated carbocycles. The second kappa shape index (κ2) is 3.49. The third kappa shape index (κ3) is 1.55. The Morgan fingerprint density at radius 1 is 0.882 bits per heavy atom. The lowest BCUT2D eigenvalue weighted by atomic mass is 10.2. The van der Waals surface area contributed by atoms with Crippen molar-refractivity contribution in [2.75, 3.05) is 0 Å². The van der Waals surface area contributed by atoms with Crippen molar-refractivity contribution in [2.24, 2.45) is 0 Å². The first-order chi connectivity index (χ1) is 8.20. The molecule has 17 heavy (non-hydrogen) atoms. The molecule has 0 saturated heterocycles. The monoisotopic (exact) mass is 248 g/mol. The molecule has 0 aliphatic carbocycles. The molecule has 0 fully saturated rings. The zero-order chi connectivity index (χ0) is 11.9. The second-order valence-corrected chi connectivity index (χ2v) is 5.66. The SMILES string of the molecule is O=C1C=CC(=O)OS2(C=Cc3ccccc32)O1. The number of fused-ring (bicyclic) bond motifs is 2. The molecule has 1 aromatic rings. The Morgan fingerprint density at radius 3 is 2.24 bits per heavy atom. The van der Waals surface area contributed by atoms with E-state index < -0.39 is 22.5 Å². The first kappa shape index (κ1) is 10.2. The fraction of sp³-hybridized carbons (Fsp3) is 0. The van der Waals surface area contributed by atoms with Crippen LogP contribution in [-0.2, 0) is 18.0 Å². The Kier molecular flexibility index (Phi) is 2.09. The summed E-state index contributed by atoms with van der Waals surface area (Å²) in [4.78, 5) is 23.6. The van der Waals surface area contributed by atoms with E-state index in [-0.39, 0.29) is 0 Å². The molecule has 0 amide bonds. The molecular formula is C12H8O4S. The Balaban J connectivity index is 2.12. The number of hydrogen-bond donors (Lipinski definition) is 0. The summed E-state index contributed by atoms with van der Waals surface area (Å²) in [5, 5.41) is 1.65. The van der Waals surface area contributed by atoms with Crippen LogP contribution < -0.4 is 0 Å². The van der Waals surface area contributed by atoms with Crippen molar-refractivity contribution in [2.45, 2.75) is 4.90 Å². The van der Waals surface area contributed by atoms with E-state index in [1.54, 1.807) is 17.6 Å². The number of carbonyl (C=O) groups excluding carboxylic acids is 2. The molecule has 2 heterocycles. The van der Waals surface area contributed by atoms with Gasteiger partial charge >= 0.3 is 11.9 Å². The van der Waals surface area contributed by atoms with Crippen LogP contribution in [0.4, 0.5) is 0 Å². The fourth-order valence-corrected chi connectivity index (χ4v) is 3.84. The van der Waals surface area contributed by atoms with Crippen LogP contribution in [0.1, 0.15) is 5.56 Å². The van der Waals surface area contributed by atoms with Crippen molar-refractivity contribution in [1.82, 2.24) is 0 Å². The molecule has 0 atom stereocenters. The largest absolute Gasteiger partial charge is 0.354 e. The molecule has 0 bridgehead atoms. The first-order valence-electron chi connectivity index (χ1n) is 4.95. The minimum absolute atomic E-state index is 0.563. The Labute approximate surface area is 99.3 Å². The molecular weight excluding hydrogens is 240 g/mol. The van der Waals surface area contributed by atoms with Gasteiger partial charge in [-0.3, -0.25) is 0 Å². The minimum atomic E-state index is -2.40. The maximum atomic E-state index is 11.4. The first-order valence-corrected chi connectivity index (χ1v) is 6.50. The highest BCUT2D eigenvalue weighted by Gasteiger charge is 2.34. The van der Waals surface area contributed by atoms with E-state index in [1.165, 1.54) is 0 Å². The summed E-state index contributed by atoms with van der Waals surface area (Å²) in [5.74, 6) is -1.13. The maximum Gasteiger partial charge on any atom is 0.354 e. The Morgan fingerprint density at radius 2 is 1.53 bits per heavy atom. The topological polar surface area (TPSA) is 52.6 Å². The van der Waals surface area contributed by atoms with Crippen molar-refractivity contribution in [3.63, 3.8) is 0 Å². The van der Waals surface area contributed by atoms with Gasteiger partial charge in [-0.25, -0.2) is 9.59 Å². The van der Waals surface area contributed by atoms with E-state index in [1.807, 2.05) is 18.2 Å². The third-order valence-electron chi connectivity index (χ3n) is 2.42. The van der Waals surface area contributed by atoms with E-state index >= 15 is 0 Å². The summed E-state index contributed by atoms with van der Waals surface area (Å²) in [7, 11) is -2.40. The summed E-state index contributed by atoms with van der Waals surface area (Å²) < 4.78 is 10.6. The predicted octanol–water partition coefficient (Wildman–Crippen LogP) is 2.32. The zero-order valence-electron chi connectivity index (χ0n) is 8.66. The molecule has 0 unspecified atom stereocenters. The molecule has 86 valence electrons. The van der Waals surface area contributed by atoms with Crippen LogP contribution in [-0.4, -0.2) is 11.9 Å². The van der Waals surface area contributed by atoms with Crippen LogP contribution >= 0.6 is 10.6 Å². The van der Waals surface area contributed by atoms with Crippen LogP contribution in [0.15, 0.2) is 46.7 Å².